The van der Waals surface area contributed by atoms with Gasteiger partial charge in [-0.25, -0.2) is 4.98 Å². The van der Waals surface area contributed by atoms with Crippen molar-refractivity contribution < 1.29 is 9.53 Å². The Morgan fingerprint density at radius 2 is 2.04 bits per heavy atom. The topological polar surface area (TPSA) is 54.5 Å². The van der Waals surface area contributed by atoms with Gasteiger partial charge in [0.15, 0.2) is 5.13 Å². The third-order valence-corrected chi connectivity index (χ3v) is 5.82. The highest BCUT2D eigenvalue weighted by Crippen LogP contribution is 2.36. The molecule has 3 aromatic rings. The van der Waals surface area contributed by atoms with Crippen molar-refractivity contribution in [3.8, 4) is 5.75 Å². The van der Waals surface area contributed by atoms with E-state index in [-0.39, 0.29) is 11.8 Å². The zero-order valence-electron chi connectivity index (χ0n) is 14.9. The van der Waals surface area contributed by atoms with Crippen LogP contribution in [-0.2, 0) is 11.2 Å². The summed E-state index contributed by atoms with van der Waals surface area (Å²) in [7, 11) is 1.66. The molecule has 1 amide bonds. The van der Waals surface area contributed by atoms with Gasteiger partial charge >= 0.3 is 0 Å². The fourth-order valence-electron chi connectivity index (χ4n) is 3.08. The van der Waals surface area contributed by atoms with E-state index in [0.717, 1.165) is 33.2 Å². The van der Waals surface area contributed by atoms with E-state index >= 15 is 0 Å². The molecule has 1 N–H and O–H groups in total. The van der Waals surface area contributed by atoms with Crippen LogP contribution in [0.3, 0.4) is 0 Å². The number of fused-ring (bicyclic) bond motifs is 1. The van der Waals surface area contributed by atoms with Crippen molar-refractivity contribution >= 4 is 38.3 Å². The average molecular weight is 367 g/mol. The first-order chi connectivity index (χ1) is 12.7. The molecular formula is C20H21N3O2S. The van der Waals surface area contributed by atoms with Gasteiger partial charge < -0.3 is 15.0 Å². The second-order valence-electron chi connectivity index (χ2n) is 6.45. The molecule has 2 aromatic carbocycles. The Hall–Kier alpha value is -2.60. The van der Waals surface area contributed by atoms with Crippen LogP contribution < -0.4 is 15.0 Å². The highest BCUT2D eigenvalue weighted by molar-refractivity contribution is 7.22. The van der Waals surface area contributed by atoms with Crippen LogP contribution in [0.25, 0.3) is 10.2 Å². The van der Waals surface area contributed by atoms with Gasteiger partial charge in [0.25, 0.3) is 0 Å². The lowest BCUT2D eigenvalue weighted by Gasteiger charge is -2.37. The predicted molar refractivity (Wildman–Crippen MR) is 106 cm³/mol. The molecule has 1 aliphatic rings. The molecule has 0 atom stereocenters. The number of methoxy groups -OCH3 is 1. The fraction of sp³-hybridized carbons (Fsp3) is 0.300. The van der Waals surface area contributed by atoms with Gasteiger partial charge in [-0.2, -0.15) is 0 Å². The molecule has 6 heteroatoms. The van der Waals surface area contributed by atoms with Gasteiger partial charge in [0, 0.05) is 18.8 Å². The van der Waals surface area contributed by atoms with Crippen molar-refractivity contribution in [3.63, 3.8) is 0 Å². The van der Waals surface area contributed by atoms with Gasteiger partial charge in [-0.05, 0) is 36.2 Å². The lowest BCUT2D eigenvalue weighted by molar-refractivity contribution is -0.120. The van der Waals surface area contributed by atoms with Crippen LogP contribution in [0, 0.1) is 5.92 Å². The van der Waals surface area contributed by atoms with Crippen molar-refractivity contribution in [3.05, 3.63) is 48.0 Å². The lowest BCUT2D eigenvalue weighted by atomic mass is 10.00. The number of anilines is 2. The maximum absolute atomic E-state index is 12.4. The smallest absolute Gasteiger partial charge is 0.231 e. The zero-order valence-corrected chi connectivity index (χ0v) is 15.7. The van der Waals surface area contributed by atoms with Crippen LogP contribution in [0.1, 0.15) is 12.5 Å². The Kier molecular flexibility index (Phi) is 4.51. The number of carbonyl (C=O) groups is 1. The largest absolute Gasteiger partial charge is 0.494 e. The number of aryl methyl sites for hydroxylation is 1. The van der Waals surface area contributed by atoms with Crippen molar-refractivity contribution in [1.29, 1.82) is 0 Å². The first kappa shape index (κ1) is 16.8. The Labute approximate surface area is 156 Å². The van der Waals surface area contributed by atoms with E-state index in [1.165, 1.54) is 5.56 Å². The van der Waals surface area contributed by atoms with E-state index in [1.54, 1.807) is 18.4 Å². The SMILES string of the molecule is CCc1ccc(NC(=O)C2CN(c3nc4c(OC)cccc4s3)C2)cc1. The van der Waals surface area contributed by atoms with E-state index in [0.29, 0.717) is 13.1 Å². The number of carbonyl (C=O) groups excluding carboxylic acids is 1. The molecule has 0 aliphatic carbocycles. The van der Waals surface area contributed by atoms with Crippen LogP contribution in [0.4, 0.5) is 10.8 Å². The van der Waals surface area contributed by atoms with Crippen LogP contribution in [0.5, 0.6) is 5.75 Å². The summed E-state index contributed by atoms with van der Waals surface area (Å²) in [5.41, 5.74) is 3.01. The standard InChI is InChI=1S/C20H21N3O2S/c1-3-13-7-9-15(10-8-13)21-19(24)14-11-23(12-14)20-22-18-16(25-2)5-4-6-17(18)26-20/h4-10,14H,3,11-12H2,1-2H3,(H,21,24). The molecule has 4 rings (SSSR count). The minimum atomic E-state index is -0.00485. The molecule has 2 heterocycles. The second-order valence-corrected chi connectivity index (χ2v) is 7.45. The summed E-state index contributed by atoms with van der Waals surface area (Å²) >= 11 is 1.64. The van der Waals surface area contributed by atoms with Gasteiger partial charge in [0.2, 0.25) is 5.91 Å². The van der Waals surface area contributed by atoms with E-state index in [4.69, 9.17) is 9.72 Å². The van der Waals surface area contributed by atoms with Crippen LogP contribution in [0.15, 0.2) is 42.5 Å². The Morgan fingerprint density at radius 3 is 2.73 bits per heavy atom. The van der Waals surface area contributed by atoms with Crippen molar-refractivity contribution in [1.82, 2.24) is 4.98 Å². The molecule has 0 saturated carbocycles. The van der Waals surface area contributed by atoms with Crippen LogP contribution in [-0.4, -0.2) is 31.1 Å². The monoisotopic (exact) mass is 367 g/mol. The Bertz CT molecular complexity index is 930. The minimum absolute atomic E-state index is 0.00485. The maximum Gasteiger partial charge on any atom is 0.231 e. The Balaban J connectivity index is 1.39. The van der Waals surface area contributed by atoms with Crippen LogP contribution >= 0.6 is 11.3 Å². The number of para-hydroxylation sites is 1. The summed E-state index contributed by atoms with van der Waals surface area (Å²) in [6, 6.07) is 14.0. The molecule has 0 unspecified atom stereocenters. The number of thiazole rings is 1. The number of amides is 1. The zero-order chi connectivity index (χ0) is 18.1. The molecular weight excluding hydrogens is 346 g/mol. The molecule has 1 fully saturated rings. The number of rotatable bonds is 5. The van der Waals surface area contributed by atoms with Crippen molar-refractivity contribution in [2.45, 2.75) is 13.3 Å². The normalized spacial score (nSPS) is 14.3. The van der Waals surface area contributed by atoms with Gasteiger partial charge in [-0.1, -0.05) is 36.5 Å². The van der Waals surface area contributed by atoms with Crippen molar-refractivity contribution in [2.24, 2.45) is 5.92 Å². The first-order valence-electron chi connectivity index (χ1n) is 8.76. The van der Waals surface area contributed by atoms with E-state index in [1.807, 2.05) is 30.3 Å². The molecule has 26 heavy (non-hydrogen) atoms. The third-order valence-electron chi connectivity index (χ3n) is 4.74. The van der Waals surface area contributed by atoms with E-state index in [9.17, 15) is 4.79 Å². The molecule has 1 aromatic heterocycles. The first-order valence-corrected chi connectivity index (χ1v) is 9.58. The lowest BCUT2D eigenvalue weighted by Crippen LogP contribution is -2.52. The summed E-state index contributed by atoms with van der Waals surface area (Å²) in [6.07, 6.45) is 0.999. The number of hydrogen-bond donors (Lipinski definition) is 1. The number of aromatic nitrogens is 1. The van der Waals surface area contributed by atoms with E-state index < -0.39 is 0 Å². The Morgan fingerprint density at radius 1 is 1.27 bits per heavy atom. The highest BCUT2D eigenvalue weighted by Gasteiger charge is 2.34. The number of nitrogens with one attached hydrogen (secondary N) is 1. The summed E-state index contributed by atoms with van der Waals surface area (Å²) in [6.45, 7) is 3.51. The van der Waals surface area contributed by atoms with Gasteiger partial charge in [-0.3, -0.25) is 4.79 Å². The molecule has 0 radical (unpaired) electrons. The van der Waals surface area contributed by atoms with Gasteiger partial charge in [0.1, 0.15) is 11.3 Å². The van der Waals surface area contributed by atoms with E-state index in [2.05, 4.69) is 29.3 Å². The molecule has 5 nitrogen and oxygen atoms in total. The molecule has 1 aliphatic heterocycles. The molecule has 134 valence electrons. The number of nitrogens with zero attached hydrogens (tertiary/aromatic N) is 2. The number of hydrogen-bond acceptors (Lipinski definition) is 5. The summed E-state index contributed by atoms with van der Waals surface area (Å²) in [5.74, 6) is 0.856. The van der Waals surface area contributed by atoms with Crippen LogP contribution in [0.2, 0.25) is 0 Å². The highest BCUT2D eigenvalue weighted by atomic mass is 32.1. The van der Waals surface area contributed by atoms with Crippen molar-refractivity contribution in [2.75, 3.05) is 30.4 Å². The van der Waals surface area contributed by atoms with Gasteiger partial charge in [-0.15, -0.1) is 0 Å². The second kappa shape index (κ2) is 6.96. The summed E-state index contributed by atoms with van der Waals surface area (Å²) < 4.78 is 6.48. The summed E-state index contributed by atoms with van der Waals surface area (Å²) in [4.78, 5) is 19.3. The molecule has 0 spiro atoms. The maximum atomic E-state index is 12.4. The summed E-state index contributed by atoms with van der Waals surface area (Å²) in [5, 5.41) is 3.95. The third kappa shape index (κ3) is 3.12. The molecule has 1 saturated heterocycles. The number of ether oxygens (including phenoxy) is 1. The fourth-order valence-corrected chi connectivity index (χ4v) is 4.08. The average Bonchev–Trinajstić information content (AvgIpc) is 3.04. The quantitative estimate of drug-likeness (QED) is 0.742. The predicted octanol–water partition coefficient (Wildman–Crippen LogP) is 3.94. The minimum Gasteiger partial charge on any atom is -0.494 e. The van der Waals surface area contributed by atoms with Gasteiger partial charge in [0.05, 0.1) is 17.7 Å². The number of benzene rings is 2. The molecule has 0 bridgehead atoms.